The van der Waals surface area contributed by atoms with Gasteiger partial charge >= 0.3 is 0 Å². The largest absolute Gasteiger partial charge is 0.307 e. The van der Waals surface area contributed by atoms with Gasteiger partial charge in [-0.3, -0.25) is 5.84 Å². The van der Waals surface area contributed by atoms with Gasteiger partial charge in [-0.1, -0.05) is 6.07 Å². The lowest BCUT2D eigenvalue weighted by atomic mass is 10.2. The molecule has 1 rings (SSSR count). The van der Waals surface area contributed by atoms with Crippen molar-refractivity contribution in [3.05, 3.63) is 29.6 Å². The first-order valence-electron chi connectivity index (χ1n) is 3.47. The van der Waals surface area contributed by atoms with Crippen LogP contribution in [0.5, 0.6) is 0 Å². The second-order valence-electron chi connectivity index (χ2n) is 2.35. The number of hydrogen-bond acceptors (Lipinski definition) is 4. The second kappa shape index (κ2) is 4.01. The van der Waals surface area contributed by atoms with Crippen molar-refractivity contribution in [1.82, 2.24) is 11.1 Å². The van der Waals surface area contributed by atoms with Crippen molar-refractivity contribution in [2.75, 3.05) is 5.43 Å². The zero-order valence-corrected chi connectivity index (χ0v) is 6.69. The number of aryl methyl sites for hydroxylation is 1. The van der Waals surface area contributed by atoms with Gasteiger partial charge in [0.1, 0.15) is 5.82 Å². The van der Waals surface area contributed by atoms with Crippen molar-refractivity contribution < 1.29 is 4.39 Å². The topological polar surface area (TPSA) is 62.1 Å². The SMILES string of the molecule is Cc1ccc(F)cc1NNNN. The molecule has 1 aromatic rings. The van der Waals surface area contributed by atoms with E-state index >= 15 is 0 Å². The van der Waals surface area contributed by atoms with Crippen molar-refractivity contribution in [2.45, 2.75) is 6.92 Å². The van der Waals surface area contributed by atoms with Crippen LogP contribution in [0.4, 0.5) is 10.1 Å². The molecule has 0 unspecified atom stereocenters. The number of hydrogen-bond donors (Lipinski definition) is 4. The van der Waals surface area contributed by atoms with Gasteiger partial charge in [0.15, 0.2) is 0 Å². The highest BCUT2D eigenvalue weighted by Crippen LogP contribution is 2.14. The highest BCUT2D eigenvalue weighted by Gasteiger charge is 1.97. The van der Waals surface area contributed by atoms with Crippen LogP contribution < -0.4 is 22.3 Å². The smallest absolute Gasteiger partial charge is 0.125 e. The highest BCUT2D eigenvalue weighted by molar-refractivity contribution is 5.49. The minimum atomic E-state index is -0.290. The molecule has 0 saturated carbocycles. The molecular formula is C7H11FN4. The molecule has 12 heavy (non-hydrogen) atoms. The van der Waals surface area contributed by atoms with Crippen LogP contribution in [-0.2, 0) is 0 Å². The van der Waals surface area contributed by atoms with E-state index in [1.807, 2.05) is 6.92 Å². The summed E-state index contributed by atoms with van der Waals surface area (Å²) in [4.78, 5) is 0. The quantitative estimate of drug-likeness (QED) is 0.392. The fraction of sp³-hybridized carbons (Fsp3) is 0.143. The Balaban J connectivity index is 2.75. The summed E-state index contributed by atoms with van der Waals surface area (Å²) in [6.45, 7) is 1.86. The van der Waals surface area contributed by atoms with Gasteiger partial charge in [-0.05, 0) is 24.6 Å². The van der Waals surface area contributed by atoms with Crippen molar-refractivity contribution in [3.63, 3.8) is 0 Å². The van der Waals surface area contributed by atoms with Gasteiger partial charge in [-0.2, -0.15) is 11.1 Å². The Morgan fingerprint density at radius 3 is 2.83 bits per heavy atom. The average Bonchev–Trinajstić information content (AvgIpc) is 2.07. The van der Waals surface area contributed by atoms with Crippen LogP contribution in [0, 0.1) is 12.7 Å². The van der Waals surface area contributed by atoms with Crippen molar-refractivity contribution in [1.29, 1.82) is 0 Å². The molecule has 1 aromatic carbocycles. The molecule has 4 nitrogen and oxygen atoms in total. The maximum atomic E-state index is 12.7. The van der Waals surface area contributed by atoms with E-state index in [4.69, 9.17) is 5.84 Å². The van der Waals surface area contributed by atoms with E-state index in [-0.39, 0.29) is 5.82 Å². The molecule has 0 heterocycles. The number of benzene rings is 1. The van der Waals surface area contributed by atoms with Crippen molar-refractivity contribution >= 4 is 5.69 Å². The summed E-state index contributed by atoms with van der Waals surface area (Å²) in [5, 5.41) is 0. The number of nitrogens with one attached hydrogen (secondary N) is 3. The summed E-state index contributed by atoms with van der Waals surface area (Å²) < 4.78 is 12.7. The fourth-order valence-electron chi connectivity index (χ4n) is 0.832. The van der Waals surface area contributed by atoms with Gasteiger partial charge in [-0.25, -0.2) is 4.39 Å². The summed E-state index contributed by atoms with van der Waals surface area (Å²) in [6, 6.07) is 4.45. The maximum absolute atomic E-state index is 12.7. The second-order valence-corrected chi connectivity index (χ2v) is 2.35. The minimum absolute atomic E-state index is 0.290. The first kappa shape index (κ1) is 8.92. The molecule has 0 fully saturated rings. The number of hydrazine groups is 3. The van der Waals surface area contributed by atoms with E-state index in [0.717, 1.165) is 5.56 Å². The van der Waals surface area contributed by atoms with E-state index in [1.165, 1.54) is 12.1 Å². The maximum Gasteiger partial charge on any atom is 0.125 e. The Labute approximate surface area is 69.9 Å². The van der Waals surface area contributed by atoms with Gasteiger partial charge in [0.25, 0.3) is 0 Å². The van der Waals surface area contributed by atoms with Crippen LogP contribution >= 0.6 is 0 Å². The molecule has 0 atom stereocenters. The van der Waals surface area contributed by atoms with Gasteiger partial charge in [-0.15, -0.1) is 0 Å². The van der Waals surface area contributed by atoms with Crippen LogP contribution in [0.2, 0.25) is 0 Å². The van der Waals surface area contributed by atoms with Crippen LogP contribution in [0.25, 0.3) is 0 Å². The summed E-state index contributed by atoms with van der Waals surface area (Å²) in [5.74, 6) is 4.66. The number of halogens is 1. The van der Waals surface area contributed by atoms with E-state index in [2.05, 4.69) is 16.5 Å². The molecular weight excluding hydrogens is 159 g/mol. The van der Waals surface area contributed by atoms with E-state index in [9.17, 15) is 4.39 Å². The molecule has 0 aliphatic carbocycles. The zero-order valence-electron chi connectivity index (χ0n) is 6.69. The standard InChI is InChI=1S/C7H11FN4/c1-5-2-3-6(8)4-7(5)10-12-11-9/h2-4,10-12H,9H2,1H3. The van der Waals surface area contributed by atoms with E-state index < -0.39 is 0 Å². The Morgan fingerprint density at radius 1 is 1.42 bits per heavy atom. The minimum Gasteiger partial charge on any atom is -0.307 e. The molecule has 0 radical (unpaired) electrons. The first-order valence-corrected chi connectivity index (χ1v) is 3.47. The monoisotopic (exact) mass is 170 g/mol. The molecule has 0 saturated heterocycles. The van der Waals surface area contributed by atoms with Gasteiger partial charge in [0.05, 0.1) is 5.69 Å². The lowest BCUT2D eigenvalue weighted by Crippen LogP contribution is -2.41. The van der Waals surface area contributed by atoms with E-state index in [1.54, 1.807) is 6.07 Å². The third kappa shape index (κ3) is 2.16. The predicted molar refractivity (Wildman–Crippen MR) is 45.2 cm³/mol. The Hall–Kier alpha value is -1.17. The summed E-state index contributed by atoms with van der Waals surface area (Å²) in [7, 11) is 0. The molecule has 0 amide bonds. The molecule has 66 valence electrons. The van der Waals surface area contributed by atoms with Gasteiger partial charge < -0.3 is 5.43 Å². The highest BCUT2D eigenvalue weighted by atomic mass is 19.1. The van der Waals surface area contributed by atoms with Crippen molar-refractivity contribution in [2.24, 2.45) is 5.84 Å². The van der Waals surface area contributed by atoms with Crippen LogP contribution in [-0.4, -0.2) is 0 Å². The Morgan fingerprint density at radius 2 is 2.17 bits per heavy atom. The van der Waals surface area contributed by atoms with Crippen LogP contribution in [0.3, 0.4) is 0 Å². The van der Waals surface area contributed by atoms with Gasteiger partial charge in [0.2, 0.25) is 0 Å². The summed E-state index contributed by atoms with van der Waals surface area (Å²) in [5.41, 5.74) is 8.88. The molecule has 0 aliphatic heterocycles. The number of nitrogens with two attached hydrogens (primary N) is 1. The van der Waals surface area contributed by atoms with Gasteiger partial charge in [0, 0.05) is 0 Å². The lowest BCUT2D eigenvalue weighted by Gasteiger charge is -2.08. The Bertz CT molecular complexity index is 264. The van der Waals surface area contributed by atoms with Crippen LogP contribution in [0.15, 0.2) is 18.2 Å². The third-order valence-electron chi connectivity index (χ3n) is 1.47. The molecule has 0 bridgehead atoms. The normalized spacial score (nSPS) is 9.92. The number of rotatable bonds is 3. The number of anilines is 1. The van der Waals surface area contributed by atoms with E-state index in [0.29, 0.717) is 5.69 Å². The molecule has 5 N–H and O–H groups in total. The molecule has 0 spiro atoms. The first-order chi connectivity index (χ1) is 5.74. The molecule has 5 heteroatoms. The fourth-order valence-corrected chi connectivity index (χ4v) is 0.832. The van der Waals surface area contributed by atoms with Crippen molar-refractivity contribution in [3.8, 4) is 0 Å². The molecule has 0 aromatic heterocycles. The summed E-state index contributed by atoms with van der Waals surface area (Å²) >= 11 is 0. The molecule has 0 aliphatic rings. The average molecular weight is 170 g/mol. The lowest BCUT2D eigenvalue weighted by molar-refractivity contribution is 0.612. The predicted octanol–water partition coefficient (Wildman–Crippen LogP) is 0.429. The third-order valence-corrected chi connectivity index (χ3v) is 1.47. The Kier molecular flexibility index (Phi) is 2.98. The summed E-state index contributed by atoms with van der Waals surface area (Å²) in [6.07, 6.45) is 0. The zero-order chi connectivity index (χ0) is 8.97. The van der Waals surface area contributed by atoms with Crippen LogP contribution in [0.1, 0.15) is 5.56 Å².